The number of rotatable bonds is 8. The number of carbonyl (C=O) groups is 1. The average molecular weight is 552 g/mol. The molecule has 4 aromatic rings. The minimum absolute atomic E-state index is 0.0529. The van der Waals surface area contributed by atoms with Crippen molar-refractivity contribution in [2.24, 2.45) is 7.05 Å². The summed E-state index contributed by atoms with van der Waals surface area (Å²) in [5.74, 6) is 1.28. The van der Waals surface area contributed by atoms with Crippen molar-refractivity contribution in [2.45, 2.75) is 51.7 Å². The van der Waals surface area contributed by atoms with E-state index in [2.05, 4.69) is 44.2 Å². The number of hydrogen-bond acceptors (Lipinski definition) is 5. The summed E-state index contributed by atoms with van der Waals surface area (Å²) in [6.45, 7) is 4.94. The van der Waals surface area contributed by atoms with Crippen molar-refractivity contribution in [2.75, 3.05) is 6.61 Å². The molecule has 7 nitrogen and oxygen atoms in total. The third-order valence-electron chi connectivity index (χ3n) is 8.13. The third kappa shape index (κ3) is 5.32. The van der Waals surface area contributed by atoms with Gasteiger partial charge in [0.25, 0.3) is 5.56 Å². The molecule has 0 radical (unpaired) electrons. The van der Waals surface area contributed by atoms with Crippen LogP contribution in [0.5, 0.6) is 17.2 Å². The molecule has 0 saturated heterocycles. The molecule has 1 unspecified atom stereocenters. The molecule has 1 N–H and O–H groups in total. The lowest BCUT2D eigenvalue weighted by atomic mass is 9.90. The van der Waals surface area contributed by atoms with Gasteiger partial charge in [-0.2, -0.15) is 0 Å². The van der Waals surface area contributed by atoms with Gasteiger partial charge in [0, 0.05) is 36.9 Å². The van der Waals surface area contributed by atoms with E-state index < -0.39 is 5.97 Å². The number of hydrogen-bond donors (Lipinski definition) is 1. The predicted molar refractivity (Wildman–Crippen MR) is 156 cm³/mol. The van der Waals surface area contributed by atoms with Gasteiger partial charge < -0.3 is 23.9 Å². The number of aryl methyl sites for hydroxylation is 3. The van der Waals surface area contributed by atoms with Gasteiger partial charge >= 0.3 is 5.97 Å². The number of carboxylic acids is 1. The van der Waals surface area contributed by atoms with Crippen LogP contribution in [-0.4, -0.2) is 22.2 Å². The second kappa shape index (κ2) is 10.8. The summed E-state index contributed by atoms with van der Waals surface area (Å²) in [6, 6.07) is 19.8. The van der Waals surface area contributed by atoms with Crippen LogP contribution in [0.25, 0.3) is 11.1 Å². The Morgan fingerprint density at radius 3 is 2.59 bits per heavy atom. The first-order valence-electron chi connectivity index (χ1n) is 13.9. The summed E-state index contributed by atoms with van der Waals surface area (Å²) in [5.41, 5.74) is 8.91. The number of benzene rings is 3. The first kappa shape index (κ1) is 26.7. The molecule has 41 heavy (non-hydrogen) atoms. The van der Waals surface area contributed by atoms with E-state index in [1.165, 1.54) is 22.3 Å². The number of carboxylic acid groups (broad SMARTS) is 1. The monoisotopic (exact) mass is 551 g/mol. The molecule has 0 fully saturated rings. The van der Waals surface area contributed by atoms with Crippen LogP contribution in [0.2, 0.25) is 0 Å². The van der Waals surface area contributed by atoms with Gasteiger partial charge in [0.05, 0.1) is 13.0 Å². The first-order chi connectivity index (χ1) is 19.8. The van der Waals surface area contributed by atoms with Crippen LogP contribution in [0, 0.1) is 13.8 Å². The van der Waals surface area contributed by atoms with Gasteiger partial charge in [-0.05, 0) is 89.9 Å². The Hall–Kier alpha value is -4.52. The highest BCUT2D eigenvalue weighted by Crippen LogP contribution is 2.44. The molecule has 2 aliphatic rings. The zero-order valence-electron chi connectivity index (χ0n) is 23.5. The van der Waals surface area contributed by atoms with Crippen molar-refractivity contribution < 1.29 is 24.1 Å². The molecule has 1 aliphatic carbocycles. The van der Waals surface area contributed by atoms with Gasteiger partial charge in [0.15, 0.2) is 0 Å². The van der Waals surface area contributed by atoms with Gasteiger partial charge in [-0.25, -0.2) is 0 Å². The van der Waals surface area contributed by atoms with Crippen LogP contribution in [-0.2, 0) is 24.9 Å². The maximum atomic E-state index is 11.9. The van der Waals surface area contributed by atoms with E-state index >= 15 is 0 Å². The maximum absolute atomic E-state index is 11.9. The number of nitrogens with zero attached hydrogens (tertiary/aromatic N) is 1. The molecular weight excluding hydrogens is 518 g/mol. The lowest BCUT2D eigenvalue weighted by Crippen LogP contribution is -2.15. The SMILES string of the molecule is Cc1cc(OCc2ccn(C)c(=O)c2)cc(C)c1-c1cccc2c1CCC2Oc1ccc2c(c1)OC[C@H]2CC(=O)O. The Kier molecular flexibility index (Phi) is 7.03. The van der Waals surface area contributed by atoms with Crippen molar-refractivity contribution in [3.63, 3.8) is 0 Å². The fourth-order valence-corrected chi connectivity index (χ4v) is 6.13. The van der Waals surface area contributed by atoms with E-state index in [4.69, 9.17) is 14.2 Å². The molecule has 7 heteroatoms. The molecule has 1 aromatic heterocycles. The quantitative estimate of drug-likeness (QED) is 0.278. The van der Waals surface area contributed by atoms with Crippen molar-refractivity contribution >= 4 is 5.97 Å². The summed E-state index contributed by atoms with van der Waals surface area (Å²) in [7, 11) is 1.73. The molecule has 210 valence electrons. The van der Waals surface area contributed by atoms with Gasteiger partial charge in [-0.1, -0.05) is 24.3 Å². The molecule has 0 bridgehead atoms. The third-order valence-corrected chi connectivity index (χ3v) is 8.13. The predicted octanol–water partition coefficient (Wildman–Crippen LogP) is 6.27. The smallest absolute Gasteiger partial charge is 0.304 e. The summed E-state index contributed by atoms with van der Waals surface area (Å²) in [5, 5.41) is 9.18. The van der Waals surface area contributed by atoms with Crippen LogP contribution in [0.15, 0.2) is 71.7 Å². The highest BCUT2D eigenvalue weighted by Gasteiger charge is 2.30. The fraction of sp³-hybridized carbons (Fsp3) is 0.294. The van der Waals surface area contributed by atoms with Gasteiger partial charge in [0.2, 0.25) is 0 Å². The van der Waals surface area contributed by atoms with Crippen LogP contribution < -0.4 is 19.8 Å². The molecule has 2 heterocycles. The van der Waals surface area contributed by atoms with Gasteiger partial charge in [-0.3, -0.25) is 9.59 Å². The second-order valence-corrected chi connectivity index (χ2v) is 11.0. The Morgan fingerprint density at radius 1 is 1.02 bits per heavy atom. The first-order valence-corrected chi connectivity index (χ1v) is 13.9. The number of ether oxygens (including phenoxy) is 3. The van der Waals surface area contributed by atoms with Gasteiger partial charge in [-0.15, -0.1) is 0 Å². The number of fused-ring (bicyclic) bond motifs is 2. The molecule has 0 saturated carbocycles. The van der Waals surface area contributed by atoms with E-state index in [-0.39, 0.29) is 24.0 Å². The summed E-state index contributed by atoms with van der Waals surface area (Å²) < 4.78 is 19.9. The zero-order chi connectivity index (χ0) is 28.7. The average Bonchev–Trinajstić information content (AvgIpc) is 3.53. The van der Waals surface area contributed by atoms with Crippen LogP contribution in [0.4, 0.5) is 0 Å². The molecular formula is C34H33NO6. The minimum atomic E-state index is -0.821. The number of pyridine rings is 1. The van der Waals surface area contributed by atoms with Crippen molar-refractivity contribution in [3.05, 3.63) is 111 Å². The second-order valence-electron chi connectivity index (χ2n) is 11.0. The normalized spacial score (nSPS) is 17.0. The summed E-state index contributed by atoms with van der Waals surface area (Å²) in [6.07, 6.45) is 3.54. The fourth-order valence-electron chi connectivity index (χ4n) is 6.13. The molecule has 6 rings (SSSR count). The lowest BCUT2D eigenvalue weighted by Gasteiger charge is -2.18. The lowest BCUT2D eigenvalue weighted by molar-refractivity contribution is -0.137. The van der Waals surface area contributed by atoms with Crippen molar-refractivity contribution in [3.8, 4) is 28.4 Å². The van der Waals surface area contributed by atoms with E-state index in [1.807, 2.05) is 24.3 Å². The molecule has 3 aromatic carbocycles. The largest absolute Gasteiger partial charge is 0.492 e. The van der Waals surface area contributed by atoms with Crippen molar-refractivity contribution in [1.29, 1.82) is 0 Å². The number of aromatic nitrogens is 1. The number of aliphatic carboxylic acids is 1. The Morgan fingerprint density at radius 2 is 1.83 bits per heavy atom. The molecule has 0 spiro atoms. The topological polar surface area (TPSA) is 87.0 Å². The highest BCUT2D eigenvalue weighted by molar-refractivity contribution is 5.76. The van der Waals surface area contributed by atoms with Crippen molar-refractivity contribution in [1.82, 2.24) is 4.57 Å². The van der Waals surface area contributed by atoms with E-state index in [0.29, 0.717) is 19.0 Å². The van der Waals surface area contributed by atoms with E-state index in [1.54, 1.807) is 23.9 Å². The standard InChI is InChI=1S/C34H33NO6/c1-20-13-25(39-18-22-11-12-35(3)32(36)15-22)14-21(2)34(20)29-6-4-5-28-27(29)9-10-30(28)41-24-7-8-26-23(16-33(37)38)19-40-31(26)17-24/h4-8,11-15,17,23,30H,9-10,16,18-19H2,1-3H3,(H,37,38)/t23-,30?/m1/s1. The van der Waals surface area contributed by atoms with Crippen LogP contribution in [0.1, 0.15) is 58.2 Å². The summed E-state index contributed by atoms with van der Waals surface area (Å²) >= 11 is 0. The van der Waals surface area contributed by atoms with E-state index in [0.717, 1.165) is 46.6 Å². The Labute approximate surface area is 238 Å². The highest BCUT2D eigenvalue weighted by atomic mass is 16.5. The maximum Gasteiger partial charge on any atom is 0.304 e. The molecule has 0 amide bonds. The molecule has 2 atom stereocenters. The minimum Gasteiger partial charge on any atom is -0.492 e. The van der Waals surface area contributed by atoms with Crippen LogP contribution in [0.3, 0.4) is 0 Å². The van der Waals surface area contributed by atoms with E-state index in [9.17, 15) is 14.7 Å². The Bertz CT molecular complexity index is 1680. The zero-order valence-corrected chi connectivity index (χ0v) is 23.5. The van der Waals surface area contributed by atoms with Crippen LogP contribution >= 0.6 is 0 Å². The summed E-state index contributed by atoms with van der Waals surface area (Å²) in [4.78, 5) is 23.1. The Balaban J connectivity index is 1.21. The molecule has 1 aliphatic heterocycles. The van der Waals surface area contributed by atoms with Gasteiger partial charge in [0.1, 0.15) is 30.0 Å².